The third kappa shape index (κ3) is 6.91. The summed E-state index contributed by atoms with van der Waals surface area (Å²) in [5, 5.41) is 18.5. The van der Waals surface area contributed by atoms with Crippen molar-refractivity contribution >= 4 is 23.5 Å². The van der Waals surface area contributed by atoms with Gasteiger partial charge in [-0.1, -0.05) is 6.07 Å². The highest BCUT2D eigenvalue weighted by atomic mass is 16.4. The SMILES string of the molecule is CC(C)(C)N[C@@H](CNC(=O)c1cccc(N2CCC(Nc3ncccn3)CC2)c1)C(=O)O. The van der Waals surface area contributed by atoms with Crippen LogP contribution in [0.25, 0.3) is 0 Å². The molecule has 0 unspecified atom stereocenters. The zero-order chi connectivity index (χ0) is 23.1. The van der Waals surface area contributed by atoms with Gasteiger partial charge in [-0.25, -0.2) is 9.97 Å². The van der Waals surface area contributed by atoms with E-state index in [4.69, 9.17) is 0 Å². The highest BCUT2D eigenvalue weighted by Gasteiger charge is 2.24. The minimum absolute atomic E-state index is 0.00822. The van der Waals surface area contributed by atoms with E-state index in [2.05, 4.69) is 30.8 Å². The predicted octanol–water partition coefficient (Wildman–Crippen LogP) is 2.13. The van der Waals surface area contributed by atoms with Gasteiger partial charge in [0.05, 0.1) is 0 Å². The summed E-state index contributed by atoms with van der Waals surface area (Å²) >= 11 is 0. The number of aliphatic carboxylic acids is 1. The molecule has 0 spiro atoms. The van der Waals surface area contributed by atoms with Gasteiger partial charge in [0.15, 0.2) is 0 Å². The average molecular weight is 441 g/mol. The van der Waals surface area contributed by atoms with E-state index in [1.54, 1.807) is 24.5 Å². The smallest absolute Gasteiger partial charge is 0.322 e. The van der Waals surface area contributed by atoms with Crippen molar-refractivity contribution in [2.24, 2.45) is 0 Å². The molecule has 9 nitrogen and oxygen atoms in total. The molecule has 0 bridgehead atoms. The van der Waals surface area contributed by atoms with Gasteiger partial charge in [-0.3, -0.25) is 14.9 Å². The normalized spacial score (nSPS) is 15.8. The van der Waals surface area contributed by atoms with Crippen molar-refractivity contribution in [2.75, 3.05) is 29.9 Å². The van der Waals surface area contributed by atoms with Crippen LogP contribution in [0.1, 0.15) is 44.0 Å². The second-order valence-corrected chi connectivity index (χ2v) is 9.02. The Labute approximate surface area is 188 Å². The number of carboxylic acids is 1. The highest BCUT2D eigenvalue weighted by Crippen LogP contribution is 2.22. The summed E-state index contributed by atoms with van der Waals surface area (Å²) in [5.41, 5.74) is 1.12. The van der Waals surface area contributed by atoms with Crippen LogP contribution in [0, 0.1) is 0 Å². The fourth-order valence-corrected chi connectivity index (χ4v) is 3.70. The first-order valence-corrected chi connectivity index (χ1v) is 10.9. The Morgan fingerprint density at radius 2 is 1.84 bits per heavy atom. The summed E-state index contributed by atoms with van der Waals surface area (Å²) in [5.74, 6) is -0.636. The second-order valence-electron chi connectivity index (χ2n) is 9.02. The van der Waals surface area contributed by atoms with Crippen molar-refractivity contribution in [2.45, 2.75) is 51.2 Å². The first kappa shape index (κ1) is 23.5. The van der Waals surface area contributed by atoms with Crippen LogP contribution in [-0.2, 0) is 4.79 Å². The second kappa shape index (κ2) is 10.4. The maximum atomic E-state index is 12.7. The topological polar surface area (TPSA) is 119 Å². The standard InChI is InChI=1S/C23H32N6O3/c1-23(2,3)28-19(21(31)32)15-26-20(30)16-6-4-7-18(14-16)29-12-8-17(9-13-29)27-22-24-10-5-11-25-22/h4-7,10-11,14,17,19,28H,8-9,12-13,15H2,1-3H3,(H,26,30)(H,31,32)(H,24,25,27)/t19-/m0/s1. The number of anilines is 2. The van der Waals surface area contributed by atoms with Crippen LogP contribution in [0.15, 0.2) is 42.7 Å². The van der Waals surface area contributed by atoms with Crippen LogP contribution >= 0.6 is 0 Å². The van der Waals surface area contributed by atoms with Gasteiger partial charge in [-0.2, -0.15) is 0 Å². The lowest BCUT2D eigenvalue weighted by molar-refractivity contribution is -0.139. The van der Waals surface area contributed by atoms with E-state index in [-0.39, 0.29) is 18.0 Å². The molecule has 0 aliphatic carbocycles. The van der Waals surface area contributed by atoms with Gasteiger partial charge in [0.2, 0.25) is 5.95 Å². The fourth-order valence-electron chi connectivity index (χ4n) is 3.70. The number of carboxylic acid groups (broad SMARTS) is 1. The maximum absolute atomic E-state index is 12.7. The van der Waals surface area contributed by atoms with Crippen LogP contribution in [0.5, 0.6) is 0 Å². The maximum Gasteiger partial charge on any atom is 0.322 e. The van der Waals surface area contributed by atoms with Gasteiger partial charge in [0.25, 0.3) is 5.91 Å². The van der Waals surface area contributed by atoms with Crippen molar-refractivity contribution in [3.8, 4) is 0 Å². The summed E-state index contributed by atoms with van der Waals surface area (Å²) < 4.78 is 0. The number of rotatable bonds is 8. The molecule has 0 saturated carbocycles. The number of amides is 1. The highest BCUT2D eigenvalue weighted by molar-refractivity contribution is 5.95. The third-order valence-electron chi connectivity index (χ3n) is 5.24. The number of hydrogen-bond donors (Lipinski definition) is 4. The molecule has 1 amide bonds. The number of carbonyl (C=O) groups excluding carboxylic acids is 1. The number of nitrogens with one attached hydrogen (secondary N) is 3. The summed E-state index contributed by atoms with van der Waals surface area (Å²) in [7, 11) is 0. The van der Waals surface area contributed by atoms with Crippen molar-refractivity contribution in [3.63, 3.8) is 0 Å². The molecule has 4 N–H and O–H groups in total. The van der Waals surface area contributed by atoms with Crippen LogP contribution in [-0.4, -0.2) is 64.2 Å². The summed E-state index contributed by atoms with van der Waals surface area (Å²) in [6.07, 6.45) is 5.32. The molecule has 3 rings (SSSR count). The Kier molecular flexibility index (Phi) is 7.63. The number of carbonyl (C=O) groups is 2. The average Bonchev–Trinajstić information content (AvgIpc) is 2.77. The first-order valence-electron chi connectivity index (χ1n) is 10.9. The third-order valence-corrected chi connectivity index (χ3v) is 5.24. The molecule has 1 aliphatic heterocycles. The van der Waals surface area contributed by atoms with Crippen LogP contribution in [0.2, 0.25) is 0 Å². The molecule has 32 heavy (non-hydrogen) atoms. The van der Waals surface area contributed by atoms with Crippen molar-refractivity contribution in [1.29, 1.82) is 0 Å². The molecule has 1 saturated heterocycles. The molecule has 1 aliphatic rings. The minimum Gasteiger partial charge on any atom is -0.480 e. The van der Waals surface area contributed by atoms with Gasteiger partial charge in [0, 0.05) is 54.9 Å². The molecule has 2 heterocycles. The van der Waals surface area contributed by atoms with E-state index < -0.39 is 12.0 Å². The molecular weight excluding hydrogens is 408 g/mol. The molecule has 2 aromatic rings. The fraction of sp³-hybridized carbons (Fsp3) is 0.478. The minimum atomic E-state index is -0.994. The molecular formula is C23H32N6O3. The lowest BCUT2D eigenvalue weighted by atomic mass is 10.0. The summed E-state index contributed by atoms with van der Waals surface area (Å²) in [6, 6.07) is 8.69. The lowest BCUT2D eigenvalue weighted by Crippen LogP contribution is -2.53. The molecule has 1 fully saturated rings. The Balaban J connectivity index is 1.54. The monoisotopic (exact) mass is 440 g/mol. The first-order chi connectivity index (χ1) is 15.2. The number of hydrogen-bond acceptors (Lipinski definition) is 7. The van der Waals surface area contributed by atoms with E-state index in [9.17, 15) is 14.7 Å². The quantitative estimate of drug-likeness (QED) is 0.493. The van der Waals surface area contributed by atoms with Crippen molar-refractivity contribution < 1.29 is 14.7 Å². The largest absolute Gasteiger partial charge is 0.480 e. The Morgan fingerprint density at radius 1 is 1.16 bits per heavy atom. The van der Waals surface area contributed by atoms with E-state index in [0.29, 0.717) is 17.6 Å². The van der Waals surface area contributed by atoms with Gasteiger partial charge in [0.1, 0.15) is 6.04 Å². The Hall–Kier alpha value is -3.20. The van der Waals surface area contributed by atoms with E-state index in [1.807, 2.05) is 39.0 Å². The van der Waals surface area contributed by atoms with Gasteiger partial charge in [-0.15, -0.1) is 0 Å². The van der Waals surface area contributed by atoms with Gasteiger partial charge >= 0.3 is 5.97 Å². The molecule has 1 aromatic heterocycles. The van der Waals surface area contributed by atoms with Gasteiger partial charge < -0.3 is 20.6 Å². The predicted molar refractivity (Wildman–Crippen MR) is 124 cm³/mol. The Morgan fingerprint density at radius 3 is 2.47 bits per heavy atom. The zero-order valence-corrected chi connectivity index (χ0v) is 18.8. The molecule has 0 radical (unpaired) electrons. The van der Waals surface area contributed by atoms with Crippen molar-refractivity contribution in [3.05, 3.63) is 48.3 Å². The molecule has 1 aromatic carbocycles. The van der Waals surface area contributed by atoms with Crippen LogP contribution in [0.3, 0.4) is 0 Å². The lowest BCUT2D eigenvalue weighted by Gasteiger charge is -2.34. The van der Waals surface area contributed by atoms with Gasteiger partial charge in [-0.05, 0) is 57.9 Å². The van der Waals surface area contributed by atoms with Crippen molar-refractivity contribution in [1.82, 2.24) is 20.6 Å². The number of benzene rings is 1. The molecule has 9 heteroatoms. The Bertz CT molecular complexity index is 907. The van der Waals surface area contributed by atoms with Crippen LogP contribution < -0.4 is 20.9 Å². The molecule has 172 valence electrons. The van der Waals surface area contributed by atoms with E-state index in [0.717, 1.165) is 31.6 Å². The number of piperidine rings is 1. The number of aromatic nitrogens is 2. The van der Waals surface area contributed by atoms with E-state index >= 15 is 0 Å². The summed E-state index contributed by atoms with van der Waals surface area (Å²) in [6.45, 7) is 7.38. The van der Waals surface area contributed by atoms with Crippen LogP contribution in [0.4, 0.5) is 11.6 Å². The zero-order valence-electron chi connectivity index (χ0n) is 18.8. The molecule has 1 atom stereocenters. The summed E-state index contributed by atoms with van der Waals surface area (Å²) in [4.78, 5) is 34.8. The van der Waals surface area contributed by atoms with E-state index in [1.165, 1.54) is 0 Å². The number of nitrogens with zero attached hydrogens (tertiary/aromatic N) is 3.